The summed E-state index contributed by atoms with van der Waals surface area (Å²) in [6.07, 6.45) is 0.641. The van der Waals surface area contributed by atoms with Gasteiger partial charge in [-0.15, -0.1) is 0 Å². The summed E-state index contributed by atoms with van der Waals surface area (Å²) < 4.78 is 10.5. The van der Waals surface area contributed by atoms with Crippen LogP contribution in [-0.4, -0.2) is 23.4 Å². The second-order valence-electron chi connectivity index (χ2n) is 4.51. The van der Waals surface area contributed by atoms with E-state index >= 15 is 0 Å². The first-order chi connectivity index (χ1) is 9.11. The number of rotatable bonds is 5. The molecule has 5 heteroatoms. The maximum atomic E-state index is 6.06. The molecular formula is C14H19N3O2. The van der Waals surface area contributed by atoms with Crippen LogP contribution in [-0.2, 0) is 11.2 Å². The average molecular weight is 261 g/mol. The second-order valence-corrected chi connectivity index (χ2v) is 4.51. The van der Waals surface area contributed by atoms with Gasteiger partial charge in [-0.05, 0) is 38.0 Å². The van der Waals surface area contributed by atoms with Gasteiger partial charge >= 0.3 is 0 Å². The van der Waals surface area contributed by atoms with E-state index in [9.17, 15) is 0 Å². The Balaban J connectivity index is 2.23. The fraction of sp³-hybridized carbons (Fsp3) is 0.429. The van der Waals surface area contributed by atoms with Crippen LogP contribution in [0.4, 0.5) is 5.69 Å². The van der Waals surface area contributed by atoms with Crippen LogP contribution in [0.1, 0.15) is 23.9 Å². The highest BCUT2D eigenvalue weighted by molar-refractivity contribution is 5.74. The van der Waals surface area contributed by atoms with E-state index in [1.807, 2.05) is 32.9 Å². The van der Waals surface area contributed by atoms with Gasteiger partial charge in [0.2, 0.25) is 0 Å². The molecule has 0 unspecified atom stereocenters. The van der Waals surface area contributed by atoms with Crippen LogP contribution in [0.15, 0.2) is 16.7 Å². The smallest absolute Gasteiger partial charge is 0.260 e. The molecule has 0 atom stereocenters. The molecule has 0 saturated heterocycles. The number of benzene rings is 1. The van der Waals surface area contributed by atoms with E-state index in [0.717, 1.165) is 16.7 Å². The molecule has 2 rings (SSSR count). The summed E-state index contributed by atoms with van der Waals surface area (Å²) in [5.41, 5.74) is 9.69. The molecule has 19 heavy (non-hydrogen) atoms. The van der Waals surface area contributed by atoms with Crippen molar-refractivity contribution in [3.8, 4) is 11.5 Å². The van der Waals surface area contributed by atoms with Crippen molar-refractivity contribution in [2.24, 2.45) is 0 Å². The van der Waals surface area contributed by atoms with E-state index in [4.69, 9.17) is 15.0 Å². The third-order valence-electron chi connectivity index (χ3n) is 2.90. The molecular weight excluding hydrogens is 242 g/mol. The molecule has 0 aliphatic rings. The van der Waals surface area contributed by atoms with Gasteiger partial charge in [0.15, 0.2) is 5.82 Å². The molecule has 0 radical (unpaired) electrons. The zero-order valence-electron chi connectivity index (χ0n) is 11.6. The standard InChI is InChI=1S/C14H19N3O2/c1-4-18-6-5-12-16-14(19-17-12)11-8-9(2)7-10(3)13(11)15/h7-8H,4-6,15H2,1-3H3. The Kier molecular flexibility index (Phi) is 4.16. The van der Waals surface area contributed by atoms with Crippen molar-refractivity contribution in [3.63, 3.8) is 0 Å². The van der Waals surface area contributed by atoms with Crippen LogP contribution < -0.4 is 5.73 Å². The topological polar surface area (TPSA) is 74.2 Å². The summed E-state index contributed by atoms with van der Waals surface area (Å²) in [6, 6.07) is 3.99. The SMILES string of the molecule is CCOCCc1noc(-c2cc(C)cc(C)c2N)n1. The molecule has 5 nitrogen and oxygen atoms in total. The highest BCUT2D eigenvalue weighted by Crippen LogP contribution is 2.28. The number of anilines is 1. The fourth-order valence-corrected chi connectivity index (χ4v) is 1.93. The van der Waals surface area contributed by atoms with Crippen LogP contribution in [0.25, 0.3) is 11.5 Å². The molecule has 2 aromatic rings. The minimum Gasteiger partial charge on any atom is -0.398 e. The minimum atomic E-state index is 0.468. The Morgan fingerprint density at radius 1 is 1.32 bits per heavy atom. The number of nitrogens with zero attached hydrogens (tertiary/aromatic N) is 2. The molecule has 102 valence electrons. The minimum absolute atomic E-state index is 0.468. The highest BCUT2D eigenvalue weighted by atomic mass is 16.5. The molecule has 0 spiro atoms. The number of aromatic nitrogens is 2. The average Bonchev–Trinajstić information content (AvgIpc) is 2.83. The van der Waals surface area contributed by atoms with Gasteiger partial charge in [-0.1, -0.05) is 11.2 Å². The predicted molar refractivity (Wildman–Crippen MR) is 73.8 cm³/mol. The summed E-state index contributed by atoms with van der Waals surface area (Å²) in [5.74, 6) is 1.11. The Hall–Kier alpha value is -1.88. The van der Waals surface area contributed by atoms with Crippen molar-refractivity contribution >= 4 is 5.69 Å². The maximum Gasteiger partial charge on any atom is 0.260 e. The lowest BCUT2D eigenvalue weighted by molar-refractivity contribution is 0.149. The van der Waals surface area contributed by atoms with Gasteiger partial charge in [0.1, 0.15) is 0 Å². The van der Waals surface area contributed by atoms with E-state index in [-0.39, 0.29) is 0 Å². The molecule has 0 fully saturated rings. The van der Waals surface area contributed by atoms with Crippen LogP contribution >= 0.6 is 0 Å². The number of hydrogen-bond donors (Lipinski definition) is 1. The molecule has 1 heterocycles. The lowest BCUT2D eigenvalue weighted by Gasteiger charge is -2.06. The summed E-state index contributed by atoms with van der Waals surface area (Å²) >= 11 is 0. The summed E-state index contributed by atoms with van der Waals surface area (Å²) in [4.78, 5) is 4.36. The van der Waals surface area contributed by atoms with E-state index in [0.29, 0.717) is 37.0 Å². The third-order valence-corrected chi connectivity index (χ3v) is 2.90. The van der Waals surface area contributed by atoms with E-state index in [1.165, 1.54) is 0 Å². The normalized spacial score (nSPS) is 10.9. The summed E-state index contributed by atoms with van der Waals surface area (Å²) in [6.45, 7) is 7.23. The number of nitrogens with two attached hydrogens (primary N) is 1. The quantitative estimate of drug-likeness (QED) is 0.661. The molecule has 1 aromatic carbocycles. The maximum absolute atomic E-state index is 6.06. The van der Waals surface area contributed by atoms with Crippen molar-refractivity contribution in [3.05, 3.63) is 29.1 Å². The van der Waals surface area contributed by atoms with Gasteiger partial charge < -0.3 is 15.0 Å². The van der Waals surface area contributed by atoms with Crippen LogP contribution in [0.2, 0.25) is 0 Å². The number of hydrogen-bond acceptors (Lipinski definition) is 5. The van der Waals surface area contributed by atoms with Crippen LogP contribution in [0.3, 0.4) is 0 Å². The zero-order chi connectivity index (χ0) is 13.8. The number of aryl methyl sites for hydroxylation is 2. The Morgan fingerprint density at radius 2 is 2.11 bits per heavy atom. The predicted octanol–water partition coefficient (Wildman–Crippen LogP) is 2.51. The molecule has 0 amide bonds. The highest BCUT2D eigenvalue weighted by Gasteiger charge is 2.13. The molecule has 2 N–H and O–H groups in total. The van der Waals surface area contributed by atoms with E-state index in [1.54, 1.807) is 0 Å². The van der Waals surface area contributed by atoms with Gasteiger partial charge in [0, 0.05) is 18.7 Å². The van der Waals surface area contributed by atoms with Crippen molar-refractivity contribution in [2.75, 3.05) is 18.9 Å². The van der Waals surface area contributed by atoms with E-state index in [2.05, 4.69) is 10.1 Å². The first-order valence-corrected chi connectivity index (χ1v) is 6.39. The van der Waals surface area contributed by atoms with Gasteiger partial charge in [-0.25, -0.2) is 0 Å². The molecule has 0 saturated carbocycles. The van der Waals surface area contributed by atoms with Crippen LogP contribution in [0, 0.1) is 13.8 Å². The van der Waals surface area contributed by atoms with Crippen molar-refractivity contribution in [1.29, 1.82) is 0 Å². The Morgan fingerprint density at radius 3 is 2.84 bits per heavy atom. The molecule has 0 aliphatic heterocycles. The van der Waals surface area contributed by atoms with Crippen molar-refractivity contribution in [2.45, 2.75) is 27.2 Å². The first-order valence-electron chi connectivity index (χ1n) is 6.39. The van der Waals surface area contributed by atoms with Gasteiger partial charge in [-0.2, -0.15) is 4.98 Å². The molecule has 0 aliphatic carbocycles. The lowest BCUT2D eigenvalue weighted by Crippen LogP contribution is -1.99. The largest absolute Gasteiger partial charge is 0.398 e. The molecule has 0 bridgehead atoms. The number of nitrogen functional groups attached to an aromatic ring is 1. The summed E-state index contributed by atoms with van der Waals surface area (Å²) in [7, 11) is 0. The van der Waals surface area contributed by atoms with Gasteiger partial charge in [0.25, 0.3) is 5.89 Å². The van der Waals surface area contributed by atoms with Crippen molar-refractivity contribution in [1.82, 2.24) is 10.1 Å². The lowest BCUT2D eigenvalue weighted by atomic mass is 10.0. The molecule has 1 aromatic heterocycles. The van der Waals surface area contributed by atoms with Gasteiger partial charge in [-0.3, -0.25) is 0 Å². The zero-order valence-corrected chi connectivity index (χ0v) is 11.6. The van der Waals surface area contributed by atoms with Gasteiger partial charge in [0.05, 0.1) is 12.2 Å². The number of ether oxygens (including phenoxy) is 1. The Bertz CT molecular complexity index is 564. The fourth-order valence-electron chi connectivity index (χ4n) is 1.93. The third kappa shape index (κ3) is 3.12. The van der Waals surface area contributed by atoms with Crippen molar-refractivity contribution < 1.29 is 9.26 Å². The monoisotopic (exact) mass is 261 g/mol. The summed E-state index contributed by atoms with van der Waals surface area (Å²) in [5, 5.41) is 3.94. The first kappa shape index (κ1) is 13.5. The second kappa shape index (κ2) is 5.84. The Labute approximate surface area is 112 Å². The van der Waals surface area contributed by atoms with E-state index < -0.39 is 0 Å². The van der Waals surface area contributed by atoms with Crippen LogP contribution in [0.5, 0.6) is 0 Å².